The van der Waals surface area contributed by atoms with Crippen molar-refractivity contribution in [2.24, 2.45) is 5.41 Å². The number of amides is 3. The predicted octanol–water partition coefficient (Wildman–Crippen LogP) is 3.31. The second-order valence-corrected chi connectivity index (χ2v) is 9.89. The van der Waals surface area contributed by atoms with Crippen LogP contribution in [0.1, 0.15) is 32.8 Å². The number of rotatable bonds is 2. The molecule has 6 nitrogen and oxygen atoms in total. The molecule has 2 saturated heterocycles. The first kappa shape index (κ1) is 22.1. The van der Waals surface area contributed by atoms with Crippen LogP contribution in [0, 0.1) is 5.41 Å². The van der Waals surface area contributed by atoms with Crippen molar-refractivity contribution >= 4 is 34.9 Å². The monoisotopic (exact) mass is 451 g/mol. The van der Waals surface area contributed by atoms with Gasteiger partial charge in [-0.15, -0.1) is 5.73 Å². The molecule has 1 unspecified atom stereocenters. The van der Waals surface area contributed by atoms with E-state index in [2.05, 4.69) is 11.0 Å². The fourth-order valence-corrected chi connectivity index (χ4v) is 4.28. The Morgan fingerprint density at radius 1 is 1.25 bits per heavy atom. The summed E-state index contributed by atoms with van der Waals surface area (Å²) in [6, 6.07) is 6.60. The van der Waals surface area contributed by atoms with E-state index in [4.69, 9.17) is 11.6 Å². The molecule has 1 atom stereocenters. The maximum Gasteiger partial charge on any atom is 0.256 e. The van der Waals surface area contributed by atoms with Crippen molar-refractivity contribution < 1.29 is 14.4 Å². The van der Waals surface area contributed by atoms with E-state index in [1.807, 2.05) is 39.0 Å². The summed E-state index contributed by atoms with van der Waals surface area (Å²) in [7, 11) is 0. The van der Waals surface area contributed by atoms with Gasteiger partial charge in [-0.1, -0.05) is 44.5 Å². The highest BCUT2D eigenvalue weighted by atomic mass is 35.5. The van der Waals surface area contributed by atoms with E-state index in [-0.39, 0.29) is 29.7 Å². The number of fused-ring (bicyclic) bond motifs is 2. The molecule has 1 N–H and O–H groups in total. The summed E-state index contributed by atoms with van der Waals surface area (Å²) < 4.78 is 0. The van der Waals surface area contributed by atoms with Crippen molar-refractivity contribution in [3.05, 3.63) is 70.1 Å². The fourth-order valence-electron chi connectivity index (χ4n) is 4.09. The number of allylic oxidation sites excluding steroid dienone is 3. The Bertz CT molecular complexity index is 1120. The second-order valence-electron chi connectivity index (χ2n) is 9.45. The summed E-state index contributed by atoms with van der Waals surface area (Å²) >= 11 is 6.14. The maximum absolute atomic E-state index is 13.5. The molecule has 1 aromatic carbocycles. The van der Waals surface area contributed by atoms with Crippen molar-refractivity contribution in [1.29, 1.82) is 0 Å². The van der Waals surface area contributed by atoms with Gasteiger partial charge in [0.2, 0.25) is 11.8 Å². The molecule has 7 heteroatoms. The first-order chi connectivity index (χ1) is 15.1. The first-order valence-electron chi connectivity index (χ1n) is 10.7. The third-order valence-corrected chi connectivity index (χ3v) is 5.90. The van der Waals surface area contributed by atoms with Gasteiger partial charge in [-0.25, -0.2) is 0 Å². The molecule has 0 bridgehead atoms. The minimum absolute atomic E-state index is 0.00315. The third-order valence-electron chi connectivity index (χ3n) is 5.67. The zero-order chi connectivity index (χ0) is 23.0. The van der Waals surface area contributed by atoms with Crippen LogP contribution in [0.5, 0.6) is 0 Å². The van der Waals surface area contributed by atoms with E-state index in [0.29, 0.717) is 41.4 Å². The van der Waals surface area contributed by atoms with Crippen LogP contribution in [-0.4, -0.2) is 53.2 Å². The molecule has 3 amide bonds. The third kappa shape index (κ3) is 4.57. The molecule has 1 aliphatic carbocycles. The Morgan fingerprint density at radius 3 is 2.75 bits per heavy atom. The average molecular weight is 452 g/mol. The van der Waals surface area contributed by atoms with E-state index >= 15 is 0 Å². The van der Waals surface area contributed by atoms with Gasteiger partial charge in [-0.3, -0.25) is 14.4 Å². The molecule has 0 spiro atoms. The minimum atomic E-state index is -0.725. The van der Waals surface area contributed by atoms with Crippen LogP contribution in [0.3, 0.4) is 0 Å². The SMILES string of the molecule is CC(C)(C)CC(=O)N1CCN2C(=O)C3=CC(c4cccc(Cl)c4)=C=CC=C3NC(=O)C2C1. The molecule has 0 aromatic heterocycles. The Labute approximate surface area is 192 Å². The summed E-state index contributed by atoms with van der Waals surface area (Å²) in [5.74, 6) is -0.525. The number of nitrogens with zero attached hydrogens (tertiary/aromatic N) is 2. The van der Waals surface area contributed by atoms with Gasteiger partial charge < -0.3 is 15.1 Å². The number of hydrogen-bond donors (Lipinski definition) is 1. The van der Waals surface area contributed by atoms with Gasteiger partial charge in [0.1, 0.15) is 6.04 Å². The fraction of sp³-hybridized carbons (Fsp3) is 0.360. The molecular weight excluding hydrogens is 426 g/mol. The van der Waals surface area contributed by atoms with Gasteiger partial charge in [0.05, 0.1) is 17.8 Å². The summed E-state index contributed by atoms with van der Waals surface area (Å²) in [6.07, 6.45) is 5.50. The normalized spacial score (nSPS) is 20.9. The topological polar surface area (TPSA) is 69.7 Å². The van der Waals surface area contributed by atoms with Gasteiger partial charge in [0.25, 0.3) is 5.91 Å². The first-order valence-corrected chi connectivity index (χ1v) is 11.0. The largest absolute Gasteiger partial charge is 0.338 e. The molecule has 1 aromatic rings. The molecule has 2 heterocycles. The van der Waals surface area contributed by atoms with Gasteiger partial charge in [0.15, 0.2) is 0 Å². The lowest BCUT2D eigenvalue weighted by atomic mass is 9.91. The molecule has 0 saturated carbocycles. The number of carbonyl (C=O) groups is 3. The van der Waals surface area contributed by atoms with Crippen LogP contribution >= 0.6 is 11.6 Å². The number of piperazine rings is 1. The van der Waals surface area contributed by atoms with Crippen LogP contribution < -0.4 is 5.32 Å². The maximum atomic E-state index is 13.5. The smallest absolute Gasteiger partial charge is 0.256 e. The molecule has 4 rings (SSSR count). The number of benzene rings is 1. The molecule has 3 aliphatic rings. The Morgan fingerprint density at radius 2 is 2.03 bits per heavy atom. The Hall–Kier alpha value is -3.08. The van der Waals surface area contributed by atoms with E-state index in [9.17, 15) is 14.4 Å². The van der Waals surface area contributed by atoms with E-state index in [0.717, 1.165) is 5.56 Å². The van der Waals surface area contributed by atoms with E-state index in [1.54, 1.807) is 34.1 Å². The standard InChI is InChI=1S/C25H26ClN3O3/c1-25(2,3)14-22(30)28-10-11-29-21(15-28)23(31)27-20-9-5-7-17(13-19(20)24(29)32)16-6-4-8-18(26)12-16/h4-6,8-9,12-13,21H,10-11,14-15H2,1-3H3,(H,27,31). The summed E-state index contributed by atoms with van der Waals surface area (Å²) in [5, 5.41) is 3.47. The number of nitrogens with one attached hydrogen (secondary N) is 1. The van der Waals surface area contributed by atoms with Gasteiger partial charge in [-0.2, -0.15) is 0 Å². The zero-order valence-corrected chi connectivity index (χ0v) is 19.2. The van der Waals surface area contributed by atoms with Crippen molar-refractivity contribution in [2.75, 3.05) is 19.6 Å². The van der Waals surface area contributed by atoms with Crippen LogP contribution in [0.25, 0.3) is 5.57 Å². The van der Waals surface area contributed by atoms with Crippen molar-refractivity contribution in [1.82, 2.24) is 15.1 Å². The lowest BCUT2D eigenvalue weighted by Gasteiger charge is -2.40. The predicted molar refractivity (Wildman–Crippen MR) is 123 cm³/mol. The molecule has 0 radical (unpaired) electrons. The quantitative estimate of drug-likeness (QED) is 0.701. The Balaban J connectivity index is 1.62. The van der Waals surface area contributed by atoms with Crippen LogP contribution in [-0.2, 0) is 14.4 Å². The summed E-state index contributed by atoms with van der Waals surface area (Å²) in [5.41, 5.74) is 5.37. The highest BCUT2D eigenvalue weighted by Gasteiger charge is 2.41. The number of hydrogen-bond acceptors (Lipinski definition) is 3. The van der Waals surface area contributed by atoms with Crippen LogP contribution in [0.4, 0.5) is 0 Å². The van der Waals surface area contributed by atoms with Crippen molar-refractivity contribution in [3.63, 3.8) is 0 Å². The average Bonchev–Trinajstić information content (AvgIpc) is 2.98. The van der Waals surface area contributed by atoms with E-state index < -0.39 is 6.04 Å². The van der Waals surface area contributed by atoms with Gasteiger partial charge in [0, 0.05) is 30.1 Å². The van der Waals surface area contributed by atoms with Crippen LogP contribution in [0.15, 0.2) is 59.5 Å². The summed E-state index contributed by atoms with van der Waals surface area (Å²) in [4.78, 5) is 42.5. The minimum Gasteiger partial charge on any atom is -0.338 e. The highest BCUT2D eigenvalue weighted by molar-refractivity contribution is 6.30. The lowest BCUT2D eigenvalue weighted by molar-refractivity contribution is -0.145. The zero-order valence-electron chi connectivity index (χ0n) is 18.4. The second kappa shape index (κ2) is 8.45. The number of carbonyl (C=O) groups excluding carboxylic acids is 3. The van der Waals surface area contributed by atoms with E-state index in [1.165, 1.54) is 0 Å². The molecule has 2 fully saturated rings. The van der Waals surface area contributed by atoms with Crippen molar-refractivity contribution in [2.45, 2.75) is 33.2 Å². The van der Waals surface area contributed by atoms with Crippen molar-refractivity contribution in [3.8, 4) is 0 Å². The molecular formula is C25H26ClN3O3. The van der Waals surface area contributed by atoms with Gasteiger partial charge in [-0.05, 0) is 41.3 Å². The lowest BCUT2D eigenvalue weighted by Crippen LogP contribution is -2.60. The highest BCUT2D eigenvalue weighted by Crippen LogP contribution is 2.29. The van der Waals surface area contributed by atoms with Crippen LogP contribution in [0.2, 0.25) is 5.02 Å². The molecule has 32 heavy (non-hydrogen) atoms. The van der Waals surface area contributed by atoms with Gasteiger partial charge >= 0.3 is 0 Å². The molecule has 166 valence electrons. The number of halogens is 1. The molecule has 2 aliphatic heterocycles. The Kier molecular flexibility index (Phi) is 5.85. The summed E-state index contributed by atoms with van der Waals surface area (Å²) in [6.45, 7) is 6.93.